The molecule has 1 amide bonds. The molecule has 0 aliphatic carbocycles. The number of nitrogens with zero attached hydrogens (tertiary/aromatic N) is 3. The van der Waals surface area contributed by atoms with Crippen LogP contribution in [0.1, 0.15) is 16.1 Å². The number of anilines is 1. The van der Waals surface area contributed by atoms with Crippen LogP contribution in [0.4, 0.5) is 5.69 Å². The fourth-order valence-electron chi connectivity index (χ4n) is 3.56. The van der Waals surface area contributed by atoms with Gasteiger partial charge in [0.1, 0.15) is 6.54 Å². The molecule has 0 aliphatic heterocycles. The van der Waals surface area contributed by atoms with Crippen molar-refractivity contribution in [3.63, 3.8) is 0 Å². The number of aromatic nitrogens is 3. The summed E-state index contributed by atoms with van der Waals surface area (Å²) >= 11 is 5.87. The van der Waals surface area contributed by atoms with E-state index >= 15 is 0 Å². The summed E-state index contributed by atoms with van der Waals surface area (Å²) in [5, 5.41) is 2.99. The van der Waals surface area contributed by atoms with E-state index in [4.69, 9.17) is 16.3 Å². The average molecular weight is 479 g/mol. The Morgan fingerprint density at radius 2 is 1.74 bits per heavy atom. The summed E-state index contributed by atoms with van der Waals surface area (Å²) in [4.78, 5) is 56.5. The van der Waals surface area contributed by atoms with Crippen molar-refractivity contribution in [2.45, 2.75) is 13.5 Å². The summed E-state index contributed by atoms with van der Waals surface area (Å²) in [5.74, 6) is -1.37. The molecule has 0 bridgehead atoms. The van der Waals surface area contributed by atoms with Crippen molar-refractivity contribution >= 4 is 40.2 Å². The Bertz CT molecular complexity index is 1530. The van der Waals surface area contributed by atoms with Crippen LogP contribution in [-0.2, 0) is 16.1 Å². The molecule has 0 saturated carbocycles. The summed E-state index contributed by atoms with van der Waals surface area (Å²) in [6, 6.07) is 16.3. The van der Waals surface area contributed by atoms with E-state index in [1.54, 1.807) is 61.5 Å². The molecule has 0 saturated heterocycles. The standard InChI is InChI=1S/C24H19ClN4O5/c1-14-12-18(23(32)34-2)20-21(26-14)29(17-6-4-3-5-7-17)24(33)28(22(20)31)13-19(30)27-16-10-8-15(25)9-11-16/h3-12H,13H2,1-2H3,(H,27,30). The van der Waals surface area contributed by atoms with E-state index in [9.17, 15) is 19.2 Å². The average Bonchev–Trinajstić information content (AvgIpc) is 2.83. The van der Waals surface area contributed by atoms with Crippen molar-refractivity contribution in [3.8, 4) is 5.69 Å². The van der Waals surface area contributed by atoms with Crippen LogP contribution in [0.25, 0.3) is 16.7 Å². The molecule has 34 heavy (non-hydrogen) atoms. The third-order valence-corrected chi connectivity index (χ3v) is 5.32. The first-order valence-electron chi connectivity index (χ1n) is 10.2. The quantitative estimate of drug-likeness (QED) is 0.441. The van der Waals surface area contributed by atoms with Gasteiger partial charge in [-0.05, 0) is 49.4 Å². The highest BCUT2D eigenvalue weighted by Crippen LogP contribution is 2.18. The molecule has 2 aromatic carbocycles. The van der Waals surface area contributed by atoms with Crippen LogP contribution in [0.15, 0.2) is 70.3 Å². The smallest absolute Gasteiger partial charge is 0.338 e. The lowest BCUT2D eigenvalue weighted by atomic mass is 10.1. The lowest BCUT2D eigenvalue weighted by Crippen LogP contribution is -2.43. The maximum atomic E-state index is 13.5. The maximum absolute atomic E-state index is 13.5. The highest BCUT2D eigenvalue weighted by atomic mass is 35.5. The molecule has 2 heterocycles. The number of rotatable bonds is 5. The number of hydrogen-bond acceptors (Lipinski definition) is 6. The molecular formula is C24H19ClN4O5. The van der Waals surface area contributed by atoms with Gasteiger partial charge in [0.25, 0.3) is 5.56 Å². The van der Waals surface area contributed by atoms with E-state index in [1.807, 2.05) is 0 Å². The van der Waals surface area contributed by atoms with Crippen LogP contribution in [0.5, 0.6) is 0 Å². The number of benzene rings is 2. The minimum absolute atomic E-state index is 0.00374. The van der Waals surface area contributed by atoms with Gasteiger partial charge in [-0.2, -0.15) is 0 Å². The van der Waals surface area contributed by atoms with Gasteiger partial charge in [0.15, 0.2) is 5.65 Å². The van der Waals surface area contributed by atoms with Crippen LogP contribution < -0.4 is 16.6 Å². The first kappa shape index (κ1) is 22.9. The molecule has 1 N–H and O–H groups in total. The number of esters is 1. The number of amides is 1. The molecule has 0 unspecified atom stereocenters. The molecule has 0 atom stereocenters. The number of carbonyl (C=O) groups excluding carboxylic acids is 2. The number of aryl methyl sites for hydroxylation is 1. The number of methoxy groups -OCH3 is 1. The summed E-state index contributed by atoms with van der Waals surface area (Å²) in [5.41, 5.74) is -0.384. The Morgan fingerprint density at radius 1 is 1.06 bits per heavy atom. The van der Waals surface area contributed by atoms with Crippen molar-refractivity contribution in [3.05, 3.63) is 97.8 Å². The molecule has 172 valence electrons. The Morgan fingerprint density at radius 3 is 2.38 bits per heavy atom. The Balaban J connectivity index is 1.95. The number of para-hydroxylation sites is 1. The van der Waals surface area contributed by atoms with E-state index in [1.165, 1.54) is 17.7 Å². The summed E-state index contributed by atoms with van der Waals surface area (Å²) in [6.45, 7) is 1.05. The fourth-order valence-corrected chi connectivity index (χ4v) is 3.69. The zero-order chi connectivity index (χ0) is 24.4. The Kier molecular flexibility index (Phi) is 6.29. The topological polar surface area (TPSA) is 112 Å². The van der Waals surface area contributed by atoms with E-state index in [0.717, 1.165) is 4.57 Å². The van der Waals surface area contributed by atoms with Crippen LogP contribution in [0.3, 0.4) is 0 Å². The van der Waals surface area contributed by atoms with Gasteiger partial charge in [-0.25, -0.2) is 23.7 Å². The van der Waals surface area contributed by atoms with Gasteiger partial charge >= 0.3 is 11.7 Å². The molecule has 10 heteroatoms. The third-order valence-electron chi connectivity index (χ3n) is 5.07. The van der Waals surface area contributed by atoms with Crippen molar-refractivity contribution < 1.29 is 14.3 Å². The Labute approximate surface area is 198 Å². The summed E-state index contributed by atoms with van der Waals surface area (Å²) < 4.78 is 6.82. The van der Waals surface area contributed by atoms with Crippen molar-refractivity contribution in [2.75, 3.05) is 12.4 Å². The second-order valence-corrected chi connectivity index (χ2v) is 7.84. The normalized spacial score (nSPS) is 10.8. The molecular weight excluding hydrogens is 460 g/mol. The van der Waals surface area contributed by atoms with E-state index < -0.39 is 29.7 Å². The number of nitrogens with one attached hydrogen (secondary N) is 1. The van der Waals surface area contributed by atoms with E-state index in [-0.39, 0.29) is 16.6 Å². The predicted octanol–water partition coefficient (Wildman–Crippen LogP) is 2.93. The zero-order valence-corrected chi connectivity index (χ0v) is 19.0. The predicted molar refractivity (Wildman–Crippen MR) is 128 cm³/mol. The Hall–Kier alpha value is -4.24. The molecule has 0 spiro atoms. The van der Waals surface area contributed by atoms with Gasteiger partial charge in [0.05, 0.1) is 23.7 Å². The minimum atomic E-state index is -0.827. The monoisotopic (exact) mass is 478 g/mol. The highest BCUT2D eigenvalue weighted by Gasteiger charge is 2.23. The molecule has 0 radical (unpaired) electrons. The van der Waals surface area contributed by atoms with Gasteiger partial charge in [-0.15, -0.1) is 0 Å². The van der Waals surface area contributed by atoms with E-state index in [0.29, 0.717) is 22.1 Å². The van der Waals surface area contributed by atoms with Crippen LogP contribution >= 0.6 is 11.6 Å². The number of fused-ring (bicyclic) bond motifs is 1. The maximum Gasteiger partial charge on any atom is 0.338 e. The van der Waals surface area contributed by atoms with Crippen LogP contribution in [0.2, 0.25) is 5.02 Å². The first-order chi connectivity index (χ1) is 16.3. The van der Waals surface area contributed by atoms with Crippen LogP contribution in [0, 0.1) is 6.92 Å². The molecule has 9 nitrogen and oxygen atoms in total. The molecule has 2 aromatic heterocycles. The number of pyridine rings is 1. The second-order valence-electron chi connectivity index (χ2n) is 7.40. The summed E-state index contributed by atoms with van der Waals surface area (Å²) in [6.07, 6.45) is 0. The molecule has 0 fully saturated rings. The molecule has 0 aliphatic rings. The lowest BCUT2D eigenvalue weighted by Gasteiger charge is -2.15. The fraction of sp³-hybridized carbons (Fsp3) is 0.125. The second kappa shape index (κ2) is 9.32. The highest BCUT2D eigenvalue weighted by molar-refractivity contribution is 6.30. The lowest BCUT2D eigenvalue weighted by molar-refractivity contribution is -0.116. The number of halogens is 1. The summed E-state index contributed by atoms with van der Waals surface area (Å²) in [7, 11) is 1.19. The number of hydrogen-bond donors (Lipinski definition) is 1. The molecule has 4 rings (SSSR count). The zero-order valence-electron chi connectivity index (χ0n) is 18.2. The number of ether oxygens (including phenoxy) is 1. The third kappa shape index (κ3) is 4.33. The number of carbonyl (C=O) groups is 2. The van der Waals surface area contributed by atoms with Gasteiger partial charge in [0.2, 0.25) is 5.91 Å². The van der Waals surface area contributed by atoms with Crippen molar-refractivity contribution in [2.24, 2.45) is 0 Å². The van der Waals surface area contributed by atoms with Gasteiger partial charge in [-0.1, -0.05) is 29.8 Å². The minimum Gasteiger partial charge on any atom is -0.465 e. The van der Waals surface area contributed by atoms with Gasteiger partial charge < -0.3 is 10.1 Å². The largest absolute Gasteiger partial charge is 0.465 e. The SMILES string of the molecule is COC(=O)c1cc(C)nc2c1c(=O)n(CC(=O)Nc1ccc(Cl)cc1)c(=O)n2-c1ccccc1. The van der Waals surface area contributed by atoms with Gasteiger partial charge in [0, 0.05) is 16.4 Å². The van der Waals surface area contributed by atoms with Crippen molar-refractivity contribution in [1.29, 1.82) is 0 Å². The first-order valence-corrected chi connectivity index (χ1v) is 10.5. The van der Waals surface area contributed by atoms with Gasteiger partial charge in [-0.3, -0.25) is 9.59 Å². The van der Waals surface area contributed by atoms with E-state index in [2.05, 4.69) is 10.3 Å². The molecule has 4 aromatic rings. The van der Waals surface area contributed by atoms with Crippen molar-refractivity contribution in [1.82, 2.24) is 14.1 Å². The van der Waals surface area contributed by atoms with Crippen LogP contribution in [-0.4, -0.2) is 33.1 Å².